The Morgan fingerprint density at radius 3 is 2.62 bits per heavy atom. The first kappa shape index (κ1) is 13.1. The Bertz CT molecular complexity index is 293. The summed E-state index contributed by atoms with van der Waals surface area (Å²) in [6, 6.07) is 4.15. The number of aromatic nitrogens is 1. The minimum absolute atomic E-state index is 0.554. The van der Waals surface area contributed by atoms with E-state index < -0.39 is 0 Å². The van der Waals surface area contributed by atoms with E-state index in [4.69, 9.17) is 5.73 Å². The maximum Gasteiger partial charge on any atom is 0.0372 e. The molecule has 0 aliphatic rings. The molecular weight excluding hydrogens is 198 g/mol. The lowest BCUT2D eigenvalue weighted by atomic mass is 9.96. The van der Waals surface area contributed by atoms with Crippen LogP contribution in [0.5, 0.6) is 0 Å². The van der Waals surface area contributed by atoms with Crippen molar-refractivity contribution in [3.8, 4) is 0 Å². The zero-order valence-corrected chi connectivity index (χ0v) is 10.5. The minimum atomic E-state index is 0.554. The van der Waals surface area contributed by atoms with Gasteiger partial charge in [0.1, 0.15) is 0 Å². The average Bonchev–Trinajstić information content (AvgIpc) is 2.26. The Morgan fingerprint density at radius 2 is 2.12 bits per heavy atom. The molecule has 3 N–H and O–H groups in total. The van der Waals surface area contributed by atoms with Crippen molar-refractivity contribution in [2.75, 3.05) is 13.1 Å². The molecule has 0 spiro atoms. The van der Waals surface area contributed by atoms with Crippen LogP contribution in [0, 0.1) is 18.8 Å². The number of hydrogen-bond acceptors (Lipinski definition) is 3. The molecule has 0 aliphatic carbocycles. The number of hydrogen-bond donors (Lipinski definition) is 2. The number of pyridine rings is 1. The molecule has 0 amide bonds. The molecular formula is C13H23N3. The third kappa shape index (κ3) is 4.29. The summed E-state index contributed by atoms with van der Waals surface area (Å²) in [5, 5.41) is 3.43. The van der Waals surface area contributed by atoms with E-state index in [2.05, 4.69) is 30.2 Å². The lowest BCUT2D eigenvalue weighted by molar-refractivity contribution is 0.370. The Hall–Kier alpha value is -0.930. The highest BCUT2D eigenvalue weighted by Gasteiger charge is 2.10. The van der Waals surface area contributed by atoms with Crippen LogP contribution in [0.4, 0.5) is 0 Å². The molecule has 1 unspecified atom stereocenters. The van der Waals surface area contributed by atoms with Crippen molar-refractivity contribution >= 4 is 0 Å². The molecule has 0 saturated carbocycles. The average molecular weight is 221 g/mol. The van der Waals surface area contributed by atoms with Gasteiger partial charge < -0.3 is 11.1 Å². The molecule has 0 radical (unpaired) electrons. The summed E-state index contributed by atoms with van der Waals surface area (Å²) >= 11 is 0. The second-order valence-corrected chi connectivity index (χ2v) is 4.68. The van der Waals surface area contributed by atoms with E-state index in [0.717, 1.165) is 25.3 Å². The molecule has 3 heteroatoms. The van der Waals surface area contributed by atoms with Crippen LogP contribution >= 0.6 is 0 Å². The number of rotatable bonds is 6. The van der Waals surface area contributed by atoms with Crippen LogP contribution in [-0.2, 0) is 6.54 Å². The molecule has 1 aromatic heterocycles. The van der Waals surface area contributed by atoms with Crippen molar-refractivity contribution in [1.82, 2.24) is 10.3 Å². The van der Waals surface area contributed by atoms with E-state index in [0.29, 0.717) is 11.8 Å². The Labute approximate surface area is 98.5 Å². The second kappa shape index (κ2) is 6.61. The number of nitrogens with two attached hydrogens (primary N) is 1. The van der Waals surface area contributed by atoms with Crippen LogP contribution in [0.25, 0.3) is 0 Å². The first-order valence-corrected chi connectivity index (χ1v) is 5.95. The summed E-state index contributed by atoms with van der Waals surface area (Å²) < 4.78 is 0. The van der Waals surface area contributed by atoms with Gasteiger partial charge in [-0.05, 0) is 43.5 Å². The lowest BCUT2D eigenvalue weighted by Crippen LogP contribution is -2.31. The molecule has 1 rings (SSSR count). The van der Waals surface area contributed by atoms with Gasteiger partial charge >= 0.3 is 0 Å². The van der Waals surface area contributed by atoms with Gasteiger partial charge in [0.2, 0.25) is 0 Å². The lowest BCUT2D eigenvalue weighted by Gasteiger charge is -2.19. The molecule has 1 aromatic rings. The Morgan fingerprint density at radius 1 is 1.38 bits per heavy atom. The van der Waals surface area contributed by atoms with Crippen molar-refractivity contribution in [1.29, 1.82) is 0 Å². The fourth-order valence-corrected chi connectivity index (χ4v) is 1.60. The SMILES string of the molecule is Cc1ccc(CNCC(CN)C(C)C)cn1. The van der Waals surface area contributed by atoms with Gasteiger partial charge in [-0.15, -0.1) is 0 Å². The molecule has 0 aliphatic heterocycles. The Kier molecular flexibility index (Phi) is 5.43. The van der Waals surface area contributed by atoms with Gasteiger partial charge in [-0.1, -0.05) is 19.9 Å². The van der Waals surface area contributed by atoms with E-state index in [1.54, 1.807) is 0 Å². The van der Waals surface area contributed by atoms with Crippen molar-refractivity contribution in [3.63, 3.8) is 0 Å². The smallest absolute Gasteiger partial charge is 0.0372 e. The summed E-state index contributed by atoms with van der Waals surface area (Å²) in [6.07, 6.45) is 1.93. The molecule has 0 fully saturated rings. The monoisotopic (exact) mass is 221 g/mol. The molecule has 3 nitrogen and oxygen atoms in total. The summed E-state index contributed by atoms with van der Waals surface area (Å²) in [4.78, 5) is 4.27. The standard InChI is InChI=1S/C13H23N3/c1-10(2)13(6-14)9-15-7-12-5-4-11(3)16-8-12/h4-5,8,10,13,15H,6-7,9,14H2,1-3H3. The van der Waals surface area contributed by atoms with Crippen LogP contribution < -0.4 is 11.1 Å². The van der Waals surface area contributed by atoms with Gasteiger partial charge in [-0.2, -0.15) is 0 Å². The van der Waals surface area contributed by atoms with Gasteiger partial charge in [-0.3, -0.25) is 4.98 Å². The molecule has 1 heterocycles. The van der Waals surface area contributed by atoms with Crippen LogP contribution in [0.2, 0.25) is 0 Å². The van der Waals surface area contributed by atoms with Gasteiger partial charge in [-0.25, -0.2) is 0 Å². The van der Waals surface area contributed by atoms with E-state index in [1.165, 1.54) is 5.56 Å². The van der Waals surface area contributed by atoms with Gasteiger partial charge in [0, 0.05) is 18.4 Å². The molecule has 0 bridgehead atoms. The van der Waals surface area contributed by atoms with Crippen molar-refractivity contribution in [3.05, 3.63) is 29.6 Å². The minimum Gasteiger partial charge on any atom is -0.330 e. The van der Waals surface area contributed by atoms with Crippen molar-refractivity contribution in [2.45, 2.75) is 27.3 Å². The third-order valence-electron chi connectivity index (χ3n) is 2.95. The van der Waals surface area contributed by atoms with Crippen LogP contribution in [0.15, 0.2) is 18.3 Å². The van der Waals surface area contributed by atoms with Crippen molar-refractivity contribution < 1.29 is 0 Å². The van der Waals surface area contributed by atoms with E-state index in [9.17, 15) is 0 Å². The largest absolute Gasteiger partial charge is 0.330 e. The fraction of sp³-hybridized carbons (Fsp3) is 0.615. The van der Waals surface area contributed by atoms with Gasteiger partial charge in [0.05, 0.1) is 0 Å². The number of aryl methyl sites for hydroxylation is 1. The fourth-order valence-electron chi connectivity index (χ4n) is 1.60. The predicted molar refractivity (Wildman–Crippen MR) is 68.1 cm³/mol. The highest BCUT2D eigenvalue weighted by molar-refractivity contribution is 5.12. The first-order valence-electron chi connectivity index (χ1n) is 5.95. The van der Waals surface area contributed by atoms with Gasteiger partial charge in [0.25, 0.3) is 0 Å². The number of nitrogens with one attached hydrogen (secondary N) is 1. The van der Waals surface area contributed by atoms with Crippen LogP contribution in [-0.4, -0.2) is 18.1 Å². The molecule has 0 aromatic carbocycles. The zero-order chi connectivity index (χ0) is 12.0. The maximum absolute atomic E-state index is 5.72. The molecule has 1 atom stereocenters. The molecule has 90 valence electrons. The van der Waals surface area contributed by atoms with E-state index in [1.807, 2.05) is 19.2 Å². The topological polar surface area (TPSA) is 50.9 Å². The highest BCUT2D eigenvalue weighted by atomic mass is 14.9. The highest BCUT2D eigenvalue weighted by Crippen LogP contribution is 2.07. The predicted octanol–water partition coefficient (Wildman–Crippen LogP) is 1.71. The zero-order valence-electron chi connectivity index (χ0n) is 10.5. The first-order chi connectivity index (χ1) is 7.63. The normalized spacial score (nSPS) is 13.1. The molecule has 0 saturated heterocycles. The quantitative estimate of drug-likeness (QED) is 0.769. The summed E-state index contributed by atoms with van der Waals surface area (Å²) in [7, 11) is 0. The maximum atomic E-state index is 5.72. The number of nitrogens with zero attached hydrogens (tertiary/aromatic N) is 1. The summed E-state index contributed by atoms with van der Waals surface area (Å²) in [5.74, 6) is 1.19. The van der Waals surface area contributed by atoms with Gasteiger partial charge in [0.15, 0.2) is 0 Å². The summed E-state index contributed by atoms with van der Waals surface area (Å²) in [6.45, 7) is 9.02. The van der Waals surface area contributed by atoms with E-state index in [-0.39, 0.29) is 0 Å². The van der Waals surface area contributed by atoms with Crippen molar-refractivity contribution in [2.24, 2.45) is 17.6 Å². The van der Waals surface area contributed by atoms with Crippen LogP contribution in [0.3, 0.4) is 0 Å². The van der Waals surface area contributed by atoms with Crippen LogP contribution in [0.1, 0.15) is 25.1 Å². The summed E-state index contributed by atoms with van der Waals surface area (Å²) in [5.41, 5.74) is 8.01. The second-order valence-electron chi connectivity index (χ2n) is 4.68. The third-order valence-corrected chi connectivity index (χ3v) is 2.95. The Balaban J connectivity index is 2.32. The van der Waals surface area contributed by atoms with E-state index >= 15 is 0 Å². The molecule has 16 heavy (non-hydrogen) atoms.